The predicted octanol–water partition coefficient (Wildman–Crippen LogP) is -1.37. The zero-order valence-electron chi connectivity index (χ0n) is 9.97. The molecule has 7 nitrogen and oxygen atoms in total. The third-order valence-corrected chi connectivity index (χ3v) is 1.65. The Morgan fingerprint density at radius 3 is 1.38 bits per heavy atom. The first-order valence-electron chi connectivity index (χ1n) is 4.74. The summed E-state index contributed by atoms with van der Waals surface area (Å²) in [6, 6.07) is 0. The third-order valence-electron chi connectivity index (χ3n) is 1.65. The van der Waals surface area contributed by atoms with E-state index < -0.39 is 28.9 Å². The van der Waals surface area contributed by atoms with Gasteiger partial charge in [-0.25, -0.2) is 0 Å². The zero-order chi connectivity index (χ0) is 13.1. The van der Waals surface area contributed by atoms with Crippen molar-refractivity contribution >= 4 is 17.8 Å². The van der Waals surface area contributed by atoms with Crippen molar-refractivity contribution in [3.63, 3.8) is 0 Å². The van der Waals surface area contributed by atoms with Gasteiger partial charge in [-0.05, 0) is 27.7 Å². The van der Waals surface area contributed by atoms with Crippen molar-refractivity contribution in [3.8, 4) is 0 Å². The van der Waals surface area contributed by atoms with E-state index in [2.05, 4.69) is 10.6 Å². The molecule has 0 unspecified atom stereocenters. The molecule has 0 rings (SSSR count). The fourth-order valence-corrected chi connectivity index (χ4v) is 0.580. The number of carbonyl (C=O) groups excluding carboxylic acids is 2. The van der Waals surface area contributed by atoms with Gasteiger partial charge in [0.15, 0.2) is 0 Å². The molecule has 92 valence electrons. The molecule has 7 heteroatoms. The number of amides is 2. The maximum Gasteiger partial charge on any atom is 0.246 e. The summed E-state index contributed by atoms with van der Waals surface area (Å²) in [6.45, 7) is 5.96. The molecule has 16 heavy (non-hydrogen) atoms. The lowest BCUT2D eigenvalue weighted by Crippen LogP contribution is -2.58. The summed E-state index contributed by atoms with van der Waals surface area (Å²) in [6.07, 6.45) is 0. The second-order valence-electron chi connectivity index (χ2n) is 4.73. The van der Waals surface area contributed by atoms with Gasteiger partial charge in [0, 0.05) is 0 Å². The van der Waals surface area contributed by atoms with Gasteiger partial charge in [-0.3, -0.25) is 25.6 Å². The number of hydrogen-bond donors (Lipinski definition) is 5. The van der Waals surface area contributed by atoms with Crippen LogP contribution in [0, 0.1) is 5.41 Å². The van der Waals surface area contributed by atoms with Gasteiger partial charge in [-0.15, -0.1) is 0 Å². The van der Waals surface area contributed by atoms with E-state index in [1.54, 1.807) is 0 Å². The molecule has 0 aliphatic heterocycles. The zero-order valence-corrected chi connectivity index (χ0v) is 9.97. The molecule has 0 atom stereocenters. The van der Waals surface area contributed by atoms with Gasteiger partial charge >= 0.3 is 0 Å². The first-order chi connectivity index (χ1) is 6.94. The lowest BCUT2D eigenvalue weighted by atomic mass is 10.1. The normalized spacial score (nSPS) is 11.9. The molecule has 0 bridgehead atoms. The molecule has 7 N–H and O–H groups in total. The van der Waals surface area contributed by atoms with Gasteiger partial charge in [0.05, 0.1) is 11.1 Å². The summed E-state index contributed by atoms with van der Waals surface area (Å²) >= 11 is 0. The van der Waals surface area contributed by atoms with Crippen LogP contribution in [0.5, 0.6) is 0 Å². The van der Waals surface area contributed by atoms with E-state index in [1.807, 2.05) is 0 Å². The van der Waals surface area contributed by atoms with Gasteiger partial charge in [0.25, 0.3) is 0 Å². The average Bonchev–Trinajstić information content (AvgIpc) is 1.99. The van der Waals surface area contributed by atoms with Crippen LogP contribution in [0.3, 0.4) is 0 Å². The fraction of sp³-hybridized carbons (Fsp3) is 0.667. The lowest BCUT2D eigenvalue weighted by molar-refractivity contribution is -0.124. The molecule has 2 amide bonds. The van der Waals surface area contributed by atoms with E-state index in [1.165, 1.54) is 27.7 Å². The SMILES string of the molecule is CC(C)(N)C(=O)NC(=N)NC(=O)C(C)(C)N. The van der Waals surface area contributed by atoms with Crippen molar-refractivity contribution in [3.05, 3.63) is 0 Å². The van der Waals surface area contributed by atoms with Crippen LogP contribution in [0.4, 0.5) is 0 Å². The van der Waals surface area contributed by atoms with E-state index in [4.69, 9.17) is 16.9 Å². The summed E-state index contributed by atoms with van der Waals surface area (Å²) in [7, 11) is 0. The summed E-state index contributed by atoms with van der Waals surface area (Å²) in [4.78, 5) is 22.7. The maximum atomic E-state index is 11.3. The van der Waals surface area contributed by atoms with Crippen molar-refractivity contribution in [2.45, 2.75) is 38.8 Å². The minimum Gasteiger partial charge on any atom is -0.318 e. The highest BCUT2D eigenvalue weighted by Gasteiger charge is 2.26. The second-order valence-corrected chi connectivity index (χ2v) is 4.73. The van der Waals surface area contributed by atoms with E-state index in [9.17, 15) is 9.59 Å². The van der Waals surface area contributed by atoms with Crippen molar-refractivity contribution in [1.29, 1.82) is 5.41 Å². The highest BCUT2D eigenvalue weighted by Crippen LogP contribution is 1.97. The standard InChI is InChI=1S/C9H19N5O2/c1-8(2,11)5(15)13-7(10)14-6(16)9(3,4)12/h11-12H2,1-4H3,(H3,10,13,14,15,16). The molecule has 0 saturated heterocycles. The summed E-state index contributed by atoms with van der Waals surface area (Å²) < 4.78 is 0. The highest BCUT2D eigenvalue weighted by molar-refractivity contribution is 6.07. The van der Waals surface area contributed by atoms with Gasteiger partial charge in [0.2, 0.25) is 17.8 Å². The molecule has 0 aromatic rings. The van der Waals surface area contributed by atoms with Gasteiger partial charge < -0.3 is 11.5 Å². The second kappa shape index (κ2) is 4.58. The van der Waals surface area contributed by atoms with Crippen LogP contribution in [0.1, 0.15) is 27.7 Å². The Bertz CT molecular complexity index is 281. The number of hydrogen-bond acceptors (Lipinski definition) is 5. The summed E-state index contributed by atoms with van der Waals surface area (Å²) in [5.74, 6) is -1.56. The van der Waals surface area contributed by atoms with E-state index in [0.717, 1.165) is 0 Å². The Morgan fingerprint density at radius 2 is 1.19 bits per heavy atom. The highest BCUT2D eigenvalue weighted by atomic mass is 16.2. The van der Waals surface area contributed by atoms with Crippen molar-refractivity contribution in [1.82, 2.24) is 10.6 Å². The topological polar surface area (TPSA) is 134 Å². The Kier molecular flexibility index (Phi) is 4.16. The summed E-state index contributed by atoms with van der Waals surface area (Å²) in [5, 5.41) is 11.6. The van der Waals surface area contributed by atoms with Crippen LogP contribution >= 0.6 is 0 Å². The molecule has 0 spiro atoms. The molecular weight excluding hydrogens is 210 g/mol. The van der Waals surface area contributed by atoms with Crippen LogP contribution in [-0.2, 0) is 9.59 Å². The number of nitrogens with two attached hydrogens (primary N) is 2. The van der Waals surface area contributed by atoms with Crippen LogP contribution in [0.2, 0.25) is 0 Å². The average molecular weight is 229 g/mol. The van der Waals surface area contributed by atoms with Crippen LogP contribution < -0.4 is 22.1 Å². The predicted molar refractivity (Wildman–Crippen MR) is 60.5 cm³/mol. The van der Waals surface area contributed by atoms with Crippen molar-refractivity contribution in [2.75, 3.05) is 0 Å². The molecule has 0 aromatic carbocycles. The molecule has 0 saturated carbocycles. The van der Waals surface area contributed by atoms with Gasteiger partial charge in [-0.2, -0.15) is 0 Å². The minimum absolute atomic E-state index is 0.438. The Balaban J connectivity index is 4.32. The number of nitrogens with one attached hydrogen (secondary N) is 3. The smallest absolute Gasteiger partial charge is 0.246 e. The first-order valence-corrected chi connectivity index (χ1v) is 4.74. The molecule has 0 aliphatic rings. The van der Waals surface area contributed by atoms with Crippen LogP contribution in [0.25, 0.3) is 0 Å². The maximum absolute atomic E-state index is 11.3. The minimum atomic E-state index is -1.12. The third kappa shape index (κ3) is 4.85. The molecule has 0 fully saturated rings. The largest absolute Gasteiger partial charge is 0.318 e. The Labute approximate surface area is 94.4 Å². The summed E-state index contributed by atoms with van der Waals surface area (Å²) in [5.41, 5.74) is 8.76. The number of rotatable bonds is 2. The molecule has 0 radical (unpaired) electrons. The lowest BCUT2D eigenvalue weighted by Gasteiger charge is -2.21. The van der Waals surface area contributed by atoms with Crippen molar-refractivity contribution < 1.29 is 9.59 Å². The Morgan fingerprint density at radius 1 is 0.938 bits per heavy atom. The molecule has 0 heterocycles. The number of carbonyl (C=O) groups is 2. The van der Waals surface area contributed by atoms with Crippen LogP contribution in [0.15, 0.2) is 0 Å². The van der Waals surface area contributed by atoms with E-state index in [0.29, 0.717) is 0 Å². The molecule has 0 aliphatic carbocycles. The molecular formula is C9H19N5O2. The van der Waals surface area contributed by atoms with Gasteiger partial charge in [0.1, 0.15) is 0 Å². The van der Waals surface area contributed by atoms with E-state index >= 15 is 0 Å². The van der Waals surface area contributed by atoms with E-state index in [-0.39, 0.29) is 0 Å². The quantitative estimate of drug-likeness (QED) is 0.295. The Hall–Kier alpha value is -1.47. The molecule has 0 aromatic heterocycles. The monoisotopic (exact) mass is 229 g/mol. The first kappa shape index (κ1) is 14.5. The van der Waals surface area contributed by atoms with Crippen LogP contribution in [-0.4, -0.2) is 28.9 Å². The number of guanidine groups is 1. The van der Waals surface area contributed by atoms with Gasteiger partial charge in [-0.1, -0.05) is 0 Å². The van der Waals surface area contributed by atoms with Crippen molar-refractivity contribution in [2.24, 2.45) is 11.5 Å². The fourth-order valence-electron chi connectivity index (χ4n) is 0.580.